The van der Waals surface area contributed by atoms with E-state index in [4.69, 9.17) is 4.74 Å². The van der Waals surface area contributed by atoms with Gasteiger partial charge < -0.3 is 14.6 Å². The van der Waals surface area contributed by atoms with Gasteiger partial charge >= 0.3 is 0 Å². The van der Waals surface area contributed by atoms with E-state index < -0.39 is 0 Å². The molecule has 0 aliphatic carbocycles. The summed E-state index contributed by atoms with van der Waals surface area (Å²) in [5.74, 6) is 0.766. The minimum Gasteiger partial charge on any atom is -0.496 e. The summed E-state index contributed by atoms with van der Waals surface area (Å²) in [7, 11) is 3.41. The van der Waals surface area contributed by atoms with Crippen LogP contribution in [0, 0.1) is 0 Å². The fourth-order valence-electron chi connectivity index (χ4n) is 1.77. The van der Waals surface area contributed by atoms with E-state index in [1.54, 1.807) is 19.1 Å². The first kappa shape index (κ1) is 11.5. The van der Waals surface area contributed by atoms with Crippen molar-refractivity contribution in [3.8, 4) is 5.75 Å². The van der Waals surface area contributed by atoms with Crippen LogP contribution in [-0.4, -0.2) is 36.5 Å². The number of ether oxygens (including phenoxy) is 1. The fourth-order valence-corrected chi connectivity index (χ4v) is 1.77. The van der Waals surface area contributed by atoms with Crippen molar-refractivity contribution in [2.24, 2.45) is 0 Å². The standard InChI is InChI=1S/C13H16N2O2/c1-4-15(2)13(16)11-8-9-10(14-11)6-5-7-12(9)17-3/h5-8,14H,4H2,1-3H3. The number of hydrogen-bond acceptors (Lipinski definition) is 2. The van der Waals surface area contributed by atoms with E-state index in [1.807, 2.05) is 31.2 Å². The molecule has 4 nitrogen and oxygen atoms in total. The van der Waals surface area contributed by atoms with Gasteiger partial charge in [0.15, 0.2) is 0 Å². The molecule has 17 heavy (non-hydrogen) atoms. The highest BCUT2D eigenvalue weighted by Crippen LogP contribution is 2.26. The quantitative estimate of drug-likeness (QED) is 0.882. The van der Waals surface area contributed by atoms with Gasteiger partial charge in [-0.3, -0.25) is 4.79 Å². The van der Waals surface area contributed by atoms with Crippen LogP contribution in [0.5, 0.6) is 5.75 Å². The zero-order valence-electron chi connectivity index (χ0n) is 10.3. The minimum absolute atomic E-state index is 0.00856. The Hall–Kier alpha value is -1.97. The number of nitrogens with one attached hydrogen (secondary N) is 1. The molecule has 0 aliphatic rings. The molecule has 2 aromatic rings. The maximum atomic E-state index is 12.0. The Kier molecular flexibility index (Phi) is 3.04. The molecule has 1 N–H and O–H groups in total. The van der Waals surface area contributed by atoms with Crippen LogP contribution < -0.4 is 4.74 Å². The third-order valence-corrected chi connectivity index (χ3v) is 2.90. The zero-order chi connectivity index (χ0) is 12.4. The Bertz CT molecular complexity index is 545. The van der Waals surface area contributed by atoms with Gasteiger partial charge in [-0.25, -0.2) is 0 Å². The highest BCUT2D eigenvalue weighted by Gasteiger charge is 2.14. The van der Waals surface area contributed by atoms with E-state index in [0.29, 0.717) is 12.2 Å². The van der Waals surface area contributed by atoms with Gasteiger partial charge in [0.25, 0.3) is 5.91 Å². The molecule has 0 radical (unpaired) electrons. The summed E-state index contributed by atoms with van der Waals surface area (Å²) in [6.07, 6.45) is 0. The van der Waals surface area contributed by atoms with Gasteiger partial charge in [0.1, 0.15) is 11.4 Å². The first-order chi connectivity index (χ1) is 8.17. The van der Waals surface area contributed by atoms with Gasteiger partial charge in [0.2, 0.25) is 0 Å². The number of H-pyrrole nitrogens is 1. The molecule has 4 heteroatoms. The summed E-state index contributed by atoms with van der Waals surface area (Å²) in [6, 6.07) is 7.55. The molecular formula is C13H16N2O2. The number of benzene rings is 1. The van der Waals surface area contributed by atoms with E-state index >= 15 is 0 Å². The number of fused-ring (bicyclic) bond motifs is 1. The minimum atomic E-state index is -0.00856. The van der Waals surface area contributed by atoms with E-state index in [-0.39, 0.29) is 5.91 Å². The average molecular weight is 232 g/mol. The zero-order valence-corrected chi connectivity index (χ0v) is 10.3. The molecule has 1 amide bonds. The lowest BCUT2D eigenvalue weighted by Gasteiger charge is -2.12. The Morgan fingerprint density at radius 3 is 2.88 bits per heavy atom. The molecule has 0 fully saturated rings. The molecule has 2 rings (SSSR count). The predicted molar refractivity (Wildman–Crippen MR) is 67.5 cm³/mol. The SMILES string of the molecule is CCN(C)C(=O)c1cc2c(OC)cccc2[nH]1. The number of aromatic amines is 1. The fraction of sp³-hybridized carbons (Fsp3) is 0.308. The summed E-state index contributed by atoms with van der Waals surface area (Å²) in [6.45, 7) is 2.63. The number of nitrogens with zero attached hydrogens (tertiary/aromatic N) is 1. The van der Waals surface area contributed by atoms with Crippen LogP contribution >= 0.6 is 0 Å². The summed E-state index contributed by atoms with van der Waals surface area (Å²) < 4.78 is 5.26. The molecule has 0 atom stereocenters. The van der Waals surface area contributed by atoms with Crippen LogP contribution in [0.25, 0.3) is 10.9 Å². The normalized spacial score (nSPS) is 10.5. The number of methoxy groups -OCH3 is 1. The van der Waals surface area contributed by atoms with Crippen molar-refractivity contribution in [1.82, 2.24) is 9.88 Å². The first-order valence-corrected chi connectivity index (χ1v) is 5.58. The monoisotopic (exact) mass is 232 g/mol. The van der Waals surface area contributed by atoms with Gasteiger partial charge in [-0.1, -0.05) is 6.07 Å². The van der Waals surface area contributed by atoms with Crippen molar-refractivity contribution in [1.29, 1.82) is 0 Å². The van der Waals surface area contributed by atoms with Gasteiger partial charge in [0.05, 0.1) is 7.11 Å². The highest BCUT2D eigenvalue weighted by molar-refractivity contribution is 5.99. The Morgan fingerprint density at radius 1 is 1.47 bits per heavy atom. The van der Waals surface area contributed by atoms with Crippen LogP contribution in [-0.2, 0) is 0 Å². The summed E-state index contributed by atoms with van der Waals surface area (Å²) in [5.41, 5.74) is 1.51. The number of aromatic nitrogens is 1. The molecule has 0 spiro atoms. The lowest BCUT2D eigenvalue weighted by atomic mass is 10.2. The molecule has 1 aromatic heterocycles. The lowest BCUT2D eigenvalue weighted by molar-refractivity contribution is 0.0797. The summed E-state index contributed by atoms with van der Waals surface area (Å²) in [4.78, 5) is 16.8. The van der Waals surface area contributed by atoms with Crippen molar-refractivity contribution in [3.05, 3.63) is 30.0 Å². The smallest absolute Gasteiger partial charge is 0.270 e. The number of carbonyl (C=O) groups is 1. The van der Waals surface area contributed by atoms with Crippen LogP contribution in [0.3, 0.4) is 0 Å². The molecular weight excluding hydrogens is 216 g/mol. The van der Waals surface area contributed by atoms with Crippen LogP contribution in [0.1, 0.15) is 17.4 Å². The molecule has 0 saturated heterocycles. The molecule has 0 bridgehead atoms. The number of hydrogen-bond donors (Lipinski definition) is 1. The molecule has 0 unspecified atom stereocenters. The van der Waals surface area contributed by atoms with Crippen molar-refractivity contribution in [2.75, 3.05) is 20.7 Å². The van der Waals surface area contributed by atoms with Gasteiger partial charge in [0, 0.05) is 24.5 Å². The maximum Gasteiger partial charge on any atom is 0.270 e. The maximum absolute atomic E-state index is 12.0. The molecule has 1 heterocycles. The van der Waals surface area contributed by atoms with Crippen LogP contribution in [0.4, 0.5) is 0 Å². The topological polar surface area (TPSA) is 45.3 Å². The molecule has 1 aromatic carbocycles. The van der Waals surface area contributed by atoms with E-state index in [2.05, 4.69) is 4.98 Å². The van der Waals surface area contributed by atoms with E-state index in [1.165, 1.54) is 0 Å². The second kappa shape index (κ2) is 4.49. The second-order valence-corrected chi connectivity index (χ2v) is 3.92. The van der Waals surface area contributed by atoms with Crippen LogP contribution in [0.15, 0.2) is 24.3 Å². The van der Waals surface area contributed by atoms with Gasteiger partial charge in [-0.05, 0) is 25.1 Å². The molecule has 90 valence electrons. The third kappa shape index (κ3) is 1.98. The second-order valence-electron chi connectivity index (χ2n) is 3.92. The number of rotatable bonds is 3. The first-order valence-electron chi connectivity index (χ1n) is 5.58. The van der Waals surface area contributed by atoms with Gasteiger partial charge in [-0.15, -0.1) is 0 Å². The summed E-state index contributed by atoms with van der Waals surface area (Å²) >= 11 is 0. The van der Waals surface area contributed by atoms with Crippen LogP contribution in [0.2, 0.25) is 0 Å². The van der Waals surface area contributed by atoms with Crippen molar-refractivity contribution >= 4 is 16.8 Å². The Labute approximate surface area is 100 Å². The predicted octanol–water partition coefficient (Wildman–Crippen LogP) is 2.27. The highest BCUT2D eigenvalue weighted by atomic mass is 16.5. The van der Waals surface area contributed by atoms with Gasteiger partial charge in [-0.2, -0.15) is 0 Å². The third-order valence-electron chi connectivity index (χ3n) is 2.90. The Morgan fingerprint density at radius 2 is 2.24 bits per heavy atom. The van der Waals surface area contributed by atoms with Crippen molar-refractivity contribution < 1.29 is 9.53 Å². The lowest BCUT2D eigenvalue weighted by Crippen LogP contribution is -2.26. The largest absolute Gasteiger partial charge is 0.496 e. The number of amides is 1. The molecule has 0 saturated carbocycles. The Balaban J connectivity index is 2.48. The summed E-state index contributed by atoms with van der Waals surface area (Å²) in [5, 5.41) is 0.933. The average Bonchev–Trinajstić information content (AvgIpc) is 2.80. The van der Waals surface area contributed by atoms with E-state index in [0.717, 1.165) is 16.7 Å². The van der Waals surface area contributed by atoms with Crippen molar-refractivity contribution in [3.63, 3.8) is 0 Å². The number of carbonyl (C=O) groups excluding carboxylic acids is 1. The van der Waals surface area contributed by atoms with Crippen molar-refractivity contribution in [2.45, 2.75) is 6.92 Å². The van der Waals surface area contributed by atoms with E-state index in [9.17, 15) is 4.79 Å². The molecule has 0 aliphatic heterocycles.